The van der Waals surface area contributed by atoms with Crippen LogP contribution in [0.3, 0.4) is 0 Å². The zero-order valence-electron chi connectivity index (χ0n) is 10.1. The number of ether oxygens (including phenoxy) is 1. The van der Waals surface area contributed by atoms with E-state index in [9.17, 15) is 4.79 Å². The van der Waals surface area contributed by atoms with Crippen LogP contribution >= 0.6 is 0 Å². The van der Waals surface area contributed by atoms with E-state index in [0.717, 1.165) is 18.4 Å². The minimum atomic E-state index is -0.281. The zero-order valence-corrected chi connectivity index (χ0v) is 10.1. The van der Waals surface area contributed by atoms with Gasteiger partial charge in [-0.3, -0.25) is 0 Å². The smallest absolute Gasteiger partial charge is 0.338 e. The number of carbonyl (C=O) groups excluding carboxylic acids is 1. The van der Waals surface area contributed by atoms with Crippen molar-refractivity contribution in [3.8, 4) is 0 Å². The number of methoxy groups -OCH3 is 1. The molecule has 88 valence electrons. The van der Waals surface area contributed by atoms with Crippen molar-refractivity contribution in [1.82, 2.24) is 0 Å². The molecule has 16 heavy (non-hydrogen) atoms. The molecule has 0 aliphatic heterocycles. The van der Waals surface area contributed by atoms with Crippen molar-refractivity contribution >= 4 is 5.97 Å². The lowest BCUT2D eigenvalue weighted by molar-refractivity contribution is 0.0600. The van der Waals surface area contributed by atoms with Gasteiger partial charge in [-0.2, -0.15) is 0 Å². The molecule has 3 heteroatoms. The Bertz CT molecular complexity index is 372. The molecule has 3 nitrogen and oxygen atoms in total. The normalized spacial score (nSPS) is 12.2. The van der Waals surface area contributed by atoms with Crippen LogP contribution in [0.1, 0.15) is 34.8 Å². The average molecular weight is 221 g/mol. The quantitative estimate of drug-likeness (QED) is 0.792. The fraction of sp³-hybridized carbons (Fsp3) is 0.462. The molecular weight excluding hydrogens is 202 g/mol. The molecule has 0 bridgehead atoms. The molecular formula is C13H19NO2. The van der Waals surface area contributed by atoms with E-state index in [1.807, 2.05) is 32.0 Å². The summed E-state index contributed by atoms with van der Waals surface area (Å²) in [5.41, 5.74) is 8.50. The van der Waals surface area contributed by atoms with Gasteiger partial charge in [-0.1, -0.05) is 12.1 Å². The number of benzene rings is 1. The summed E-state index contributed by atoms with van der Waals surface area (Å²) in [7, 11) is 1.39. The van der Waals surface area contributed by atoms with E-state index < -0.39 is 0 Å². The van der Waals surface area contributed by atoms with Crippen LogP contribution in [0.5, 0.6) is 0 Å². The molecule has 0 spiro atoms. The van der Waals surface area contributed by atoms with Gasteiger partial charge in [0.25, 0.3) is 0 Å². The number of hydrogen-bond acceptors (Lipinski definition) is 3. The largest absolute Gasteiger partial charge is 0.465 e. The van der Waals surface area contributed by atoms with Crippen molar-refractivity contribution in [2.24, 2.45) is 5.73 Å². The van der Waals surface area contributed by atoms with E-state index in [4.69, 9.17) is 10.5 Å². The first-order chi connectivity index (χ1) is 7.54. The Morgan fingerprint density at radius 1 is 1.50 bits per heavy atom. The topological polar surface area (TPSA) is 52.3 Å². The highest BCUT2D eigenvalue weighted by Gasteiger charge is 2.09. The third-order valence-corrected chi connectivity index (χ3v) is 2.58. The van der Waals surface area contributed by atoms with Gasteiger partial charge in [0.15, 0.2) is 0 Å². The summed E-state index contributed by atoms with van der Waals surface area (Å²) >= 11 is 0. The van der Waals surface area contributed by atoms with Gasteiger partial charge in [0.05, 0.1) is 12.7 Å². The molecule has 0 saturated heterocycles. The van der Waals surface area contributed by atoms with E-state index in [1.165, 1.54) is 12.7 Å². The maximum atomic E-state index is 11.4. The van der Waals surface area contributed by atoms with Gasteiger partial charge in [-0.25, -0.2) is 4.79 Å². The van der Waals surface area contributed by atoms with Gasteiger partial charge in [0.1, 0.15) is 0 Å². The summed E-state index contributed by atoms with van der Waals surface area (Å²) in [6.45, 7) is 3.91. The van der Waals surface area contributed by atoms with Crippen molar-refractivity contribution in [3.63, 3.8) is 0 Å². The molecule has 0 aliphatic carbocycles. The molecule has 2 N–H and O–H groups in total. The summed E-state index contributed by atoms with van der Waals surface area (Å²) in [4.78, 5) is 11.4. The summed E-state index contributed by atoms with van der Waals surface area (Å²) in [5.74, 6) is -0.281. The monoisotopic (exact) mass is 221 g/mol. The predicted molar refractivity (Wildman–Crippen MR) is 64.5 cm³/mol. The van der Waals surface area contributed by atoms with Gasteiger partial charge in [-0.15, -0.1) is 0 Å². The minimum Gasteiger partial charge on any atom is -0.465 e. The molecule has 0 fully saturated rings. The maximum absolute atomic E-state index is 11.4. The van der Waals surface area contributed by atoms with E-state index in [0.29, 0.717) is 5.56 Å². The van der Waals surface area contributed by atoms with Crippen molar-refractivity contribution in [3.05, 3.63) is 34.9 Å². The van der Waals surface area contributed by atoms with E-state index in [2.05, 4.69) is 0 Å². The van der Waals surface area contributed by atoms with Crippen LogP contribution in [0.4, 0.5) is 0 Å². The Morgan fingerprint density at radius 3 is 2.69 bits per heavy atom. The Hall–Kier alpha value is -1.35. The zero-order chi connectivity index (χ0) is 12.1. The first kappa shape index (κ1) is 12.7. The molecule has 0 saturated carbocycles. The third-order valence-electron chi connectivity index (χ3n) is 2.58. The Kier molecular flexibility index (Phi) is 4.50. The van der Waals surface area contributed by atoms with Crippen molar-refractivity contribution in [1.29, 1.82) is 0 Å². The predicted octanol–water partition coefficient (Wildman–Crippen LogP) is 2.06. The van der Waals surface area contributed by atoms with Crippen LogP contribution < -0.4 is 5.73 Å². The molecule has 1 rings (SSSR count). The lowest BCUT2D eigenvalue weighted by atomic mass is 10.0. The van der Waals surface area contributed by atoms with Crippen LogP contribution in [0.15, 0.2) is 18.2 Å². The van der Waals surface area contributed by atoms with E-state index in [-0.39, 0.29) is 12.0 Å². The number of carbonyl (C=O) groups is 1. The molecule has 0 aliphatic rings. The number of hydrogen-bond donors (Lipinski definition) is 1. The van der Waals surface area contributed by atoms with Crippen LogP contribution in [-0.4, -0.2) is 19.1 Å². The summed E-state index contributed by atoms with van der Waals surface area (Å²) < 4.78 is 4.70. The molecule has 0 radical (unpaired) electrons. The third kappa shape index (κ3) is 3.35. The van der Waals surface area contributed by atoms with Gasteiger partial charge in [0.2, 0.25) is 0 Å². The highest BCUT2D eigenvalue weighted by Crippen LogP contribution is 2.14. The summed E-state index contributed by atoms with van der Waals surface area (Å²) in [6.07, 6.45) is 1.90. The molecule has 1 aromatic carbocycles. The van der Waals surface area contributed by atoms with Gasteiger partial charge >= 0.3 is 5.97 Å². The number of nitrogens with two attached hydrogens (primary N) is 1. The van der Waals surface area contributed by atoms with Crippen LogP contribution in [0.2, 0.25) is 0 Å². The van der Waals surface area contributed by atoms with E-state index in [1.54, 1.807) is 0 Å². The fourth-order valence-corrected chi connectivity index (χ4v) is 1.61. The van der Waals surface area contributed by atoms with Gasteiger partial charge in [0, 0.05) is 6.04 Å². The Balaban J connectivity index is 2.78. The van der Waals surface area contributed by atoms with Crippen molar-refractivity contribution in [2.45, 2.75) is 32.7 Å². The van der Waals surface area contributed by atoms with Crippen LogP contribution in [-0.2, 0) is 11.2 Å². The summed E-state index contributed by atoms with van der Waals surface area (Å²) in [6, 6.07) is 6.01. The molecule has 0 heterocycles. The van der Waals surface area contributed by atoms with Crippen LogP contribution in [0, 0.1) is 6.92 Å². The van der Waals surface area contributed by atoms with E-state index >= 15 is 0 Å². The maximum Gasteiger partial charge on any atom is 0.338 e. The van der Waals surface area contributed by atoms with Crippen molar-refractivity contribution in [2.75, 3.05) is 7.11 Å². The Labute approximate surface area is 96.6 Å². The van der Waals surface area contributed by atoms with Gasteiger partial charge < -0.3 is 10.5 Å². The second kappa shape index (κ2) is 5.66. The Morgan fingerprint density at radius 2 is 2.19 bits per heavy atom. The highest BCUT2D eigenvalue weighted by atomic mass is 16.5. The lowest BCUT2D eigenvalue weighted by Crippen LogP contribution is -2.15. The number of rotatable bonds is 4. The molecule has 1 unspecified atom stereocenters. The number of aryl methyl sites for hydroxylation is 2. The molecule has 1 aromatic rings. The highest BCUT2D eigenvalue weighted by molar-refractivity contribution is 5.90. The first-order valence-corrected chi connectivity index (χ1v) is 5.48. The standard InChI is InChI=1S/C13H19NO2/c1-9-8-11(5-4-10(2)14)6-7-12(9)13(15)16-3/h6-8,10H,4-5,14H2,1-3H3. The van der Waals surface area contributed by atoms with Crippen molar-refractivity contribution < 1.29 is 9.53 Å². The lowest BCUT2D eigenvalue weighted by Gasteiger charge is -2.08. The van der Waals surface area contributed by atoms with Crippen LogP contribution in [0.25, 0.3) is 0 Å². The molecule has 0 aromatic heterocycles. The SMILES string of the molecule is COC(=O)c1ccc(CCC(C)N)cc1C. The fourth-order valence-electron chi connectivity index (χ4n) is 1.61. The molecule has 1 atom stereocenters. The summed E-state index contributed by atoms with van der Waals surface area (Å²) in [5, 5.41) is 0. The second-order valence-electron chi connectivity index (χ2n) is 4.16. The minimum absolute atomic E-state index is 0.209. The first-order valence-electron chi connectivity index (χ1n) is 5.48. The van der Waals surface area contributed by atoms with Gasteiger partial charge in [-0.05, 0) is 43.9 Å². The molecule has 0 amide bonds. The second-order valence-corrected chi connectivity index (χ2v) is 4.16. The number of esters is 1. The average Bonchev–Trinajstić information content (AvgIpc) is 2.25.